The normalized spacial score (nSPS) is 26.9. The first-order valence-corrected chi connectivity index (χ1v) is 8.20. The molecule has 114 valence electrons. The molecule has 0 bridgehead atoms. The van der Waals surface area contributed by atoms with E-state index < -0.39 is 0 Å². The first-order chi connectivity index (χ1) is 9.83. The van der Waals surface area contributed by atoms with Gasteiger partial charge < -0.3 is 15.0 Å². The molecule has 0 atom stereocenters. The third kappa shape index (κ3) is 3.44. The molecule has 3 rings (SSSR count). The number of amides is 2. The maximum absolute atomic E-state index is 12.2. The topological polar surface area (TPSA) is 44.8 Å². The molecule has 2 aliphatic heterocycles. The first-order valence-electron chi connectivity index (χ1n) is 8.20. The number of hydrogen-bond acceptors (Lipinski definition) is 3. The molecule has 2 saturated heterocycles. The molecule has 0 unspecified atom stereocenters. The zero-order chi connectivity index (χ0) is 13.8. The molecule has 5 heteroatoms. The van der Waals surface area contributed by atoms with Gasteiger partial charge in [-0.2, -0.15) is 0 Å². The fourth-order valence-corrected chi connectivity index (χ4v) is 3.67. The molecule has 2 heterocycles. The van der Waals surface area contributed by atoms with Crippen molar-refractivity contribution in [3.63, 3.8) is 0 Å². The van der Waals surface area contributed by atoms with Gasteiger partial charge in [0.2, 0.25) is 0 Å². The predicted octanol–water partition coefficient (Wildman–Crippen LogP) is 1.44. The number of carbonyl (C=O) groups is 1. The zero-order valence-corrected chi connectivity index (χ0v) is 12.4. The Bertz CT molecular complexity index is 317. The van der Waals surface area contributed by atoms with Crippen molar-refractivity contribution < 1.29 is 9.53 Å². The quantitative estimate of drug-likeness (QED) is 0.833. The van der Waals surface area contributed by atoms with Crippen molar-refractivity contribution in [2.45, 2.75) is 50.6 Å². The Kier molecular flexibility index (Phi) is 4.78. The van der Waals surface area contributed by atoms with Crippen LogP contribution in [0, 0.1) is 0 Å². The second-order valence-electron chi connectivity index (χ2n) is 6.30. The van der Waals surface area contributed by atoms with Gasteiger partial charge in [0.25, 0.3) is 0 Å². The van der Waals surface area contributed by atoms with Crippen LogP contribution in [0.4, 0.5) is 4.79 Å². The molecule has 0 spiro atoms. The van der Waals surface area contributed by atoms with E-state index in [1.165, 1.54) is 25.7 Å². The monoisotopic (exact) mass is 281 g/mol. The van der Waals surface area contributed by atoms with E-state index in [1.807, 2.05) is 4.90 Å². The van der Waals surface area contributed by atoms with Crippen molar-refractivity contribution in [2.24, 2.45) is 0 Å². The minimum absolute atomic E-state index is 0.128. The van der Waals surface area contributed by atoms with Gasteiger partial charge in [0.1, 0.15) is 0 Å². The van der Waals surface area contributed by atoms with Crippen LogP contribution in [0.5, 0.6) is 0 Å². The van der Waals surface area contributed by atoms with Gasteiger partial charge in [0, 0.05) is 51.5 Å². The third-order valence-electron chi connectivity index (χ3n) is 4.99. The molecule has 1 N–H and O–H groups in total. The Hall–Kier alpha value is -0.810. The van der Waals surface area contributed by atoms with Gasteiger partial charge in [-0.15, -0.1) is 0 Å². The van der Waals surface area contributed by atoms with Gasteiger partial charge in [-0.05, 0) is 25.7 Å². The van der Waals surface area contributed by atoms with E-state index in [0.717, 1.165) is 58.3 Å². The van der Waals surface area contributed by atoms with E-state index in [0.29, 0.717) is 6.04 Å². The highest BCUT2D eigenvalue weighted by Gasteiger charge is 2.28. The Morgan fingerprint density at radius 3 is 2.25 bits per heavy atom. The van der Waals surface area contributed by atoms with Crippen LogP contribution in [0.2, 0.25) is 0 Å². The Labute approximate surface area is 121 Å². The summed E-state index contributed by atoms with van der Waals surface area (Å²) < 4.78 is 5.33. The van der Waals surface area contributed by atoms with Crippen molar-refractivity contribution in [3.8, 4) is 0 Å². The molecule has 1 saturated carbocycles. The standard InChI is InChI=1S/C15H27N3O2/c19-15(16-13-5-11-20-12-6-13)18-9-7-17(8-10-18)14-3-1-2-4-14/h13-14H,1-12H2,(H,16,19). The first kappa shape index (κ1) is 14.1. The Morgan fingerprint density at radius 2 is 1.60 bits per heavy atom. The van der Waals surface area contributed by atoms with Crippen molar-refractivity contribution in [2.75, 3.05) is 39.4 Å². The third-order valence-corrected chi connectivity index (χ3v) is 4.99. The summed E-state index contributed by atoms with van der Waals surface area (Å²) in [5.41, 5.74) is 0. The molecule has 3 fully saturated rings. The summed E-state index contributed by atoms with van der Waals surface area (Å²) in [6, 6.07) is 1.22. The van der Waals surface area contributed by atoms with Gasteiger partial charge in [-0.1, -0.05) is 12.8 Å². The maximum Gasteiger partial charge on any atom is 0.317 e. The molecule has 0 aromatic rings. The average Bonchev–Trinajstić information content (AvgIpc) is 3.03. The second-order valence-corrected chi connectivity index (χ2v) is 6.30. The smallest absolute Gasteiger partial charge is 0.317 e. The highest BCUT2D eigenvalue weighted by atomic mass is 16.5. The summed E-state index contributed by atoms with van der Waals surface area (Å²) in [5, 5.41) is 3.16. The van der Waals surface area contributed by atoms with Gasteiger partial charge in [0.15, 0.2) is 0 Å². The number of urea groups is 1. The van der Waals surface area contributed by atoms with Crippen LogP contribution in [0.15, 0.2) is 0 Å². The fraction of sp³-hybridized carbons (Fsp3) is 0.933. The van der Waals surface area contributed by atoms with Crippen LogP contribution >= 0.6 is 0 Å². The average molecular weight is 281 g/mol. The minimum Gasteiger partial charge on any atom is -0.381 e. The molecule has 0 aromatic carbocycles. The molecule has 1 aliphatic carbocycles. The maximum atomic E-state index is 12.2. The molecule has 0 radical (unpaired) electrons. The number of ether oxygens (including phenoxy) is 1. The Morgan fingerprint density at radius 1 is 0.950 bits per heavy atom. The summed E-state index contributed by atoms with van der Waals surface area (Å²) >= 11 is 0. The van der Waals surface area contributed by atoms with Gasteiger partial charge >= 0.3 is 6.03 Å². The summed E-state index contributed by atoms with van der Waals surface area (Å²) in [6.07, 6.45) is 7.38. The Balaban J connectivity index is 1.41. The minimum atomic E-state index is 0.128. The molecule has 20 heavy (non-hydrogen) atoms. The van der Waals surface area contributed by atoms with E-state index in [2.05, 4.69) is 10.2 Å². The predicted molar refractivity (Wildman–Crippen MR) is 77.8 cm³/mol. The number of piperazine rings is 1. The van der Waals surface area contributed by atoms with E-state index in [1.54, 1.807) is 0 Å². The van der Waals surface area contributed by atoms with E-state index >= 15 is 0 Å². The number of nitrogens with zero attached hydrogens (tertiary/aromatic N) is 2. The van der Waals surface area contributed by atoms with Crippen LogP contribution in [0.25, 0.3) is 0 Å². The van der Waals surface area contributed by atoms with Crippen LogP contribution in [0.1, 0.15) is 38.5 Å². The molecule has 3 aliphatic rings. The largest absolute Gasteiger partial charge is 0.381 e. The summed E-state index contributed by atoms with van der Waals surface area (Å²) in [4.78, 5) is 16.8. The number of nitrogens with one attached hydrogen (secondary N) is 1. The van der Waals surface area contributed by atoms with Crippen molar-refractivity contribution >= 4 is 6.03 Å². The summed E-state index contributed by atoms with van der Waals surface area (Å²) in [6.45, 7) is 5.41. The van der Waals surface area contributed by atoms with Gasteiger partial charge in [-0.3, -0.25) is 4.90 Å². The van der Waals surface area contributed by atoms with Crippen molar-refractivity contribution in [1.29, 1.82) is 0 Å². The van der Waals surface area contributed by atoms with Crippen LogP contribution in [0.3, 0.4) is 0 Å². The number of carbonyl (C=O) groups excluding carboxylic acids is 1. The van der Waals surface area contributed by atoms with E-state index in [-0.39, 0.29) is 6.03 Å². The lowest BCUT2D eigenvalue weighted by Crippen LogP contribution is -2.55. The van der Waals surface area contributed by atoms with Crippen molar-refractivity contribution in [1.82, 2.24) is 15.1 Å². The van der Waals surface area contributed by atoms with Crippen LogP contribution in [-0.4, -0.2) is 67.3 Å². The fourth-order valence-electron chi connectivity index (χ4n) is 3.67. The number of rotatable bonds is 2. The summed E-state index contributed by atoms with van der Waals surface area (Å²) in [5.74, 6) is 0. The van der Waals surface area contributed by atoms with Gasteiger partial charge in [-0.25, -0.2) is 4.79 Å². The van der Waals surface area contributed by atoms with Crippen LogP contribution < -0.4 is 5.32 Å². The lowest BCUT2D eigenvalue weighted by molar-refractivity contribution is 0.0740. The van der Waals surface area contributed by atoms with Crippen molar-refractivity contribution in [3.05, 3.63) is 0 Å². The molecule has 5 nitrogen and oxygen atoms in total. The van der Waals surface area contributed by atoms with E-state index in [4.69, 9.17) is 4.74 Å². The molecular formula is C15H27N3O2. The summed E-state index contributed by atoms with van der Waals surface area (Å²) in [7, 11) is 0. The SMILES string of the molecule is O=C(NC1CCOCC1)N1CCN(C2CCCC2)CC1. The molecular weight excluding hydrogens is 254 g/mol. The van der Waals surface area contributed by atoms with Crippen LogP contribution in [-0.2, 0) is 4.74 Å². The second kappa shape index (κ2) is 6.76. The lowest BCUT2D eigenvalue weighted by Gasteiger charge is -2.38. The highest BCUT2D eigenvalue weighted by molar-refractivity contribution is 5.74. The zero-order valence-electron chi connectivity index (χ0n) is 12.4. The molecule has 2 amide bonds. The molecule has 0 aromatic heterocycles. The van der Waals surface area contributed by atoms with E-state index in [9.17, 15) is 4.79 Å². The van der Waals surface area contributed by atoms with Gasteiger partial charge in [0.05, 0.1) is 0 Å². The highest BCUT2D eigenvalue weighted by Crippen LogP contribution is 2.24. The number of hydrogen-bond donors (Lipinski definition) is 1. The lowest BCUT2D eigenvalue weighted by atomic mass is 10.1.